The van der Waals surface area contributed by atoms with Crippen LogP contribution < -0.4 is 0 Å². The molecule has 13 heavy (non-hydrogen) atoms. The van der Waals surface area contributed by atoms with Crippen LogP contribution in [0.25, 0.3) is 0 Å². The summed E-state index contributed by atoms with van der Waals surface area (Å²) in [6, 6.07) is 0. The van der Waals surface area contributed by atoms with Crippen LogP contribution in [0, 0.1) is 5.92 Å². The van der Waals surface area contributed by atoms with Crippen LogP contribution in [0.1, 0.15) is 39.0 Å². The summed E-state index contributed by atoms with van der Waals surface area (Å²) in [6.45, 7) is 2.23. The molecule has 1 aliphatic heterocycles. The minimum atomic E-state index is -0.0559. The third kappa shape index (κ3) is 3.35. The van der Waals surface area contributed by atoms with E-state index in [1.165, 1.54) is 0 Å². The lowest BCUT2D eigenvalue weighted by Gasteiger charge is -2.11. The van der Waals surface area contributed by atoms with Crippen molar-refractivity contribution in [1.82, 2.24) is 0 Å². The van der Waals surface area contributed by atoms with Gasteiger partial charge in [-0.1, -0.05) is 12.8 Å². The molecule has 1 saturated heterocycles. The van der Waals surface area contributed by atoms with E-state index in [2.05, 4.69) is 0 Å². The van der Waals surface area contributed by atoms with Gasteiger partial charge >= 0.3 is 5.97 Å². The van der Waals surface area contributed by atoms with Crippen molar-refractivity contribution in [3.8, 4) is 0 Å². The highest BCUT2D eigenvalue weighted by Gasteiger charge is 2.30. The van der Waals surface area contributed by atoms with Gasteiger partial charge in [-0.2, -0.15) is 0 Å². The Hall–Kier alpha value is -0.570. The molecule has 0 saturated carbocycles. The average molecular weight is 186 g/mol. The molecule has 0 aliphatic carbocycles. The Morgan fingerprint density at radius 1 is 1.46 bits per heavy atom. The maximum Gasteiger partial charge on any atom is 0.306 e. The van der Waals surface area contributed by atoms with Crippen LogP contribution in [-0.4, -0.2) is 23.8 Å². The Balaban J connectivity index is 2.11. The third-order valence-electron chi connectivity index (χ3n) is 2.64. The van der Waals surface area contributed by atoms with Gasteiger partial charge in [-0.3, -0.25) is 4.79 Å². The van der Waals surface area contributed by atoms with Crippen molar-refractivity contribution in [3.05, 3.63) is 0 Å². The van der Waals surface area contributed by atoms with Gasteiger partial charge in [0, 0.05) is 12.5 Å². The maximum atomic E-state index is 10.9. The van der Waals surface area contributed by atoms with E-state index in [0.29, 0.717) is 12.3 Å². The van der Waals surface area contributed by atoms with E-state index >= 15 is 0 Å². The fourth-order valence-corrected chi connectivity index (χ4v) is 1.76. The summed E-state index contributed by atoms with van der Waals surface area (Å²) in [5, 5.41) is 8.57. The molecule has 2 unspecified atom stereocenters. The smallest absolute Gasteiger partial charge is 0.306 e. The van der Waals surface area contributed by atoms with E-state index in [9.17, 15) is 4.79 Å². The largest absolute Gasteiger partial charge is 0.462 e. The first-order valence-electron chi connectivity index (χ1n) is 5.04. The average Bonchev–Trinajstić information content (AvgIpc) is 2.39. The van der Waals surface area contributed by atoms with Crippen molar-refractivity contribution in [3.63, 3.8) is 0 Å². The first-order valence-corrected chi connectivity index (χ1v) is 5.04. The first-order chi connectivity index (χ1) is 6.24. The molecule has 0 bridgehead atoms. The lowest BCUT2D eigenvalue weighted by molar-refractivity contribution is -0.140. The number of aliphatic hydroxyl groups excluding tert-OH is 1. The van der Waals surface area contributed by atoms with Gasteiger partial charge in [-0.05, 0) is 19.8 Å². The van der Waals surface area contributed by atoms with Crippen LogP contribution in [0.2, 0.25) is 0 Å². The number of aliphatic hydroxyl groups is 1. The molecule has 0 aromatic heterocycles. The zero-order valence-electron chi connectivity index (χ0n) is 8.16. The summed E-state index contributed by atoms with van der Waals surface area (Å²) in [4.78, 5) is 10.9. The fourth-order valence-electron chi connectivity index (χ4n) is 1.76. The van der Waals surface area contributed by atoms with Crippen LogP contribution in [0.5, 0.6) is 0 Å². The summed E-state index contributed by atoms with van der Waals surface area (Å²) in [7, 11) is 0. The van der Waals surface area contributed by atoms with Crippen LogP contribution in [0.4, 0.5) is 0 Å². The quantitative estimate of drug-likeness (QED) is 0.522. The van der Waals surface area contributed by atoms with Gasteiger partial charge in [0.25, 0.3) is 0 Å². The second kappa shape index (κ2) is 5.22. The van der Waals surface area contributed by atoms with Crippen molar-refractivity contribution in [2.45, 2.75) is 45.1 Å². The summed E-state index contributed by atoms with van der Waals surface area (Å²) >= 11 is 0. The molecule has 2 atom stereocenters. The summed E-state index contributed by atoms with van der Waals surface area (Å²) < 4.78 is 5.04. The molecule has 0 amide bonds. The van der Waals surface area contributed by atoms with Crippen LogP contribution in [0.3, 0.4) is 0 Å². The number of hydrogen-bond acceptors (Lipinski definition) is 3. The summed E-state index contributed by atoms with van der Waals surface area (Å²) in [6.07, 6.45) is 4.74. The Bertz CT molecular complexity index is 168. The Kier molecular flexibility index (Phi) is 4.22. The lowest BCUT2D eigenvalue weighted by Crippen LogP contribution is -2.10. The maximum absolute atomic E-state index is 10.9. The molecule has 0 spiro atoms. The molecule has 0 aromatic rings. The monoisotopic (exact) mass is 186 g/mol. The summed E-state index contributed by atoms with van der Waals surface area (Å²) in [5.41, 5.74) is 0. The van der Waals surface area contributed by atoms with Crippen molar-refractivity contribution in [1.29, 1.82) is 0 Å². The lowest BCUT2D eigenvalue weighted by atomic mass is 9.95. The number of carbonyl (C=O) groups excluding carboxylic acids is 1. The molecular weight excluding hydrogens is 168 g/mol. The molecule has 0 radical (unpaired) electrons. The van der Waals surface area contributed by atoms with Crippen molar-refractivity contribution >= 4 is 5.97 Å². The standard InChI is InChI=1S/C10H18O3/c1-8-9(7-10(12)13-8)5-3-2-4-6-11/h8-9,11H,2-7H2,1H3. The molecule has 0 aromatic carbocycles. The number of unbranched alkanes of at least 4 members (excludes halogenated alkanes) is 2. The van der Waals surface area contributed by atoms with E-state index in [-0.39, 0.29) is 18.7 Å². The first kappa shape index (κ1) is 10.5. The van der Waals surface area contributed by atoms with Gasteiger partial charge in [0.2, 0.25) is 0 Å². The van der Waals surface area contributed by atoms with E-state index in [4.69, 9.17) is 9.84 Å². The van der Waals surface area contributed by atoms with Crippen molar-refractivity contribution < 1.29 is 14.6 Å². The topological polar surface area (TPSA) is 46.5 Å². The molecule has 1 heterocycles. The molecule has 3 heteroatoms. The number of rotatable bonds is 5. The van der Waals surface area contributed by atoms with Crippen molar-refractivity contribution in [2.75, 3.05) is 6.61 Å². The van der Waals surface area contributed by atoms with Gasteiger partial charge in [0.05, 0.1) is 6.42 Å². The second-order valence-corrected chi connectivity index (χ2v) is 3.73. The van der Waals surface area contributed by atoms with Gasteiger partial charge in [0.15, 0.2) is 0 Å². The molecular formula is C10H18O3. The van der Waals surface area contributed by atoms with Crippen molar-refractivity contribution in [2.24, 2.45) is 5.92 Å². The fraction of sp³-hybridized carbons (Fsp3) is 0.900. The van der Waals surface area contributed by atoms with E-state index < -0.39 is 0 Å². The molecule has 1 aliphatic rings. The van der Waals surface area contributed by atoms with E-state index in [0.717, 1.165) is 25.7 Å². The van der Waals surface area contributed by atoms with Gasteiger partial charge in [-0.25, -0.2) is 0 Å². The predicted octanol–water partition coefficient (Wildman–Crippen LogP) is 1.49. The van der Waals surface area contributed by atoms with Gasteiger partial charge < -0.3 is 9.84 Å². The number of hydrogen-bond donors (Lipinski definition) is 1. The zero-order chi connectivity index (χ0) is 9.68. The number of ether oxygens (including phenoxy) is 1. The number of esters is 1. The highest BCUT2D eigenvalue weighted by atomic mass is 16.5. The number of carbonyl (C=O) groups is 1. The SMILES string of the molecule is CC1OC(=O)CC1CCCCCO. The van der Waals surface area contributed by atoms with Crippen LogP contribution >= 0.6 is 0 Å². The van der Waals surface area contributed by atoms with Gasteiger partial charge in [-0.15, -0.1) is 0 Å². The Morgan fingerprint density at radius 2 is 2.23 bits per heavy atom. The minimum absolute atomic E-state index is 0.0559. The summed E-state index contributed by atoms with van der Waals surface area (Å²) in [5.74, 6) is 0.353. The number of cyclic esters (lactones) is 1. The highest BCUT2D eigenvalue weighted by molar-refractivity contribution is 5.71. The molecule has 1 N–H and O–H groups in total. The second-order valence-electron chi connectivity index (χ2n) is 3.73. The zero-order valence-corrected chi connectivity index (χ0v) is 8.16. The highest BCUT2D eigenvalue weighted by Crippen LogP contribution is 2.26. The molecule has 1 rings (SSSR count). The van der Waals surface area contributed by atoms with E-state index in [1.54, 1.807) is 0 Å². The normalized spacial score (nSPS) is 27.7. The van der Waals surface area contributed by atoms with Crippen LogP contribution in [0.15, 0.2) is 0 Å². The Labute approximate surface area is 79.1 Å². The molecule has 3 nitrogen and oxygen atoms in total. The third-order valence-corrected chi connectivity index (χ3v) is 2.64. The predicted molar refractivity (Wildman–Crippen MR) is 49.2 cm³/mol. The minimum Gasteiger partial charge on any atom is -0.462 e. The van der Waals surface area contributed by atoms with Gasteiger partial charge in [0.1, 0.15) is 6.10 Å². The Morgan fingerprint density at radius 3 is 2.77 bits per heavy atom. The van der Waals surface area contributed by atoms with Crippen LogP contribution in [-0.2, 0) is 9.53 Å². The molecule has 76 valence electrons. The van der Waals surface area contributed by atoms with E-state index in [1.807, 2.05) is 6.92 Å². The molecule has 1 fully saturated rings.